The molecule has 0 radical (unpaired) electrons. The third-order valence-corrected chi connectivity index (χ3v) is 3.29. The molecule has 0 saturated carbocycles. The molecule has 1 rings (SSSR count). The summed E-state index contributed by atoms with van der Waals surface area (Å²) in [6.45, 7) is 8.94. The van der Waals surface area contributed by atoms with Gasteiger partial charge in [-0.3, -0.25) is 0 Å². The van der Waals surface area contributed by atoms with E-state index in [1.807, 2.05) is 6.08 Å². The van der Waals surface area contributed by atoms with Gasteiger partial charge in [-0.25, -0.2) is 0 Å². The number of nitrogens with one attached hydrogen (secondary N) is 1. The maximum Gasteiger partial charge on any atom is 0.0208 e. The smallest absolute Gasteiger partial charge is 0.0208 e. The minimum Gasteiger partial charge on any atom is -0.310 e. The van der Waals surface area contributed by atoms with Crippen LogP contribution < -0.4 is 5.32 Å². The van der Waals surface area contributed by atoms with Crippen molar-refractivity contribution in [3.05, 3.63) is 46.5 Å². The molecule has 0 saturated heterocycles. The van der Waals surface area contributed by atoms with Gasteiger partial charge in [0.1, 0.15) is 0 Å². The van der Waals surface area contributed by atoms with Gasteiger partial charge in [-0.05, 0) is 37.5 Å². The van der Waals surface area contributed by atoms with Crippen LogP contribution in [-0.2, 0) is 6.54 Å². The van der Waals surface area contributed by atoms with Gasteiger partial charge in [0.15, 0.2) is 0 Å². The Hall–Kier alpha value is -0.600. The summed E-state index contributed by atoms with van der Waals surface area (Å²) < 4.78 is 1.17. The van der Waals surface area contributed by atoms with Crippen LogP contribution in [-0.4, -0.2) is 6.04 Å². The Labute approximate surface area is 101 Å². The summed E-state index contributed by atoms with van der Waals surface area (Å²) in [4.78, 5) is 0. The summed E-state index contributed by atoms with van der Waals surface area (Å²) in [6, 6.07) is 6.94. The molecule has 1 N–H and O–H groups in total. The van der Waals surface area contributed by atoms with Gasteiger partial charge < -0.3 is 5.32 Å². The lowest BCUT2D eigenvalue weighted by molar-refractivity contribution is 0.553. The van der Waals surface area contributed by atoms with Gasteiger partial charge >= 0.3 is 0 Å². The molecule has 1 aromatic carbocycles. The summed E-state index contributed by atoms with van der Waals surface area (Å²) in [6.07, 6.45) is 2.96. The molecule has 0 aliphatic heterocycles. The first kappa shape index (κ1) is 12.5. The quantitative estimate of drug-likeness (QED) is 0.801. The molecule has 1 nitrogen and oxygen atoms in total. The van der Waals surface area contributed by atoms with Crippen molar-refractivity contribution in [2.24, 2.45) is 0 Å². The highest BCUT2D eigenvalue weighted by atomic mass is 79.9. The van der Waals surface area contributed by atoms with Crippen LogP contribution in [0, 0.1) is 6.92 Å². The molecule has 15 heavy (non-hydrogen) atoms. The van der Waals surface area contributed by atoms with Crippen molar-refractivity contribution in [1.29, 1.82) is 0 Å². The van der Waals surface area contributed by atoms with Gasteiger partial charge in [-0.15, -0.1) is 6.58 Å². The summed E-state index contributed by atoms with van der Waals surface area (Å²) in [5.74, 6) is 0. The number of halogens is 1. The van der Waals surface area contributed by atoms with Crippen LogP contribution in [0.25, 0.3) is 0 Å². The zero-order chi connectivity index (χ0) is 11.3. The van der Waals surface area contributed by atoms with Crippen molar-refractivity contribution in [2.45, 2.75) is 32.9 Å². The molecule has 0 amide bonds. The monoisotopic (exact) mass is 267 g/mol. The molecule has 1 atom stereocenters. The van der Waals surface area contributed by atoms with Crippen LogP contribution in [0.4, 0.5) is 0 Å². The Balaban J connectivity index is 2.50. The van der Waals surface area contributed by atoms with Crippen molar-refractivity contribution < 1.29 is 0 Å². The lowest BCUT2D eigenvalue weighted by Crippen LogP contribution is -2.24. The third-order valence-electron chi connectivity index (χ3n) is 2.40. The molecule has 0 fully saturated rings. The molecule has 0 aromatic heterocycles. The van der Waals surface area contributed by atoms with E-state index >= 15 is 0 Å². The molecular formula is C13H18BrN. The van der Waals surface area contributed by atoms with Crippen LogP contribution in [0.3, 0.4) is 0 Å². The van der Waals surface area contributed by atoms with Crippen molar-refractivity contribution in [2.75, 3.05) is 0 Å². The van der Waals surface area contributed by atoms with Gasteiger partial charge in [-0.1, -0.05) is 34.1 Å². The molecule has 0 bridgehead atoms. The molecule has 0 spiro atoms. The van der Waals surface area contributed by atoms with Crippen molar-refractivity contribution in [3.8, 4) is 0 Å². The van der Waals surface area contributed by atoms with Gasteiger partial charge in [-0.2, -0.15) is 0 Å². The Bertz CT molecular complexity index is 333. The number of rotatable bonds is 5. The second-order valence-electron chi connectivity index (χ2n) is 3.89. The predicted octanol–water partition coefficient (Wildman–Crippen LogP) is 3.81. The van der Waals surface area contributed by atoms with E-state index in [0.717, 1.165) is 13.0 Å². The molecule has 82 valence electrons. The van der Waals surface area contributed by atoms with Crippen molar-refractivity contribution >= 4 is 15.9 Å². The second kappa shape index (κ2) is 6.09. The molecule has 0 aliphatic rings. The summed E-state index contributed by atoms with van der Waals surface area (Å²) in [7, 11) is 0. The average Bonchev–Trinajstić information content (AvgIpc) is 2.20. The Kier molecular flexibility index (Phi) is 5.06. The van der Waals surface area contributed by atoms with Crippen molar-refractivity contribution in [3.63, 3.8) is 0 Å². The topological polar surface area (TPSA) is 12.0 Å². The standard InChI is InChI=1S/C13H18BrN/c1-4-5-11(3)15-9-12-6-7-13(14)10(2)8-12/h4,6-8,11,15H,1,5,9H2,2-3H3. The number of hydrogen-bond acceptors (Lipinski definition) is 1. The highest BCUT2D eigenvalue weighted by Crippen LogP contribution is 2.17. The number of hydrogen-bond donors (Lipinski definition) is 1. The minimum atomic E-state index is 0.492. The zero-order valence-electron chi connectivity index (χ0n) is 9.39. The van der Waals surface area contributed by atoms with Crippen molar-refractivity contribution in [1.82, 2.24) is 5.32 Å². The average molecular weight is 268 g/mol. The van der Waals surface area contributed by atoms with Gasteiger partial charge in [0, 0.05) is 17.1 Å². The largest absolute Gasteiger partial charge is 0.310 e. The van der Waals surface area contributed by atoms with Crippen LogP contribution in [0.2, 0.25) is 0 Å². The molecule has 1 unspecified atom stereocenters. The van der Waals surface area contributed by atoms with E-state index < -0.39 is 0 Å². The van der Waals surface area contributed by atoms with Gasteiger partial charge in [0.05, 0.1) is 0 Å². The molecule has 1 aromatic rings. The third kappa shape index (κ3) is 4.18. The predicted molar refractivity (Wildman–Crippen MR) is 70.0 cm³/mol. The fraction of sp³-hybridized carbons (Fsp3) is 0.385. The van der Waals surface area contributed by atoms with Gasteiger partial charge in [0.25, 0.3) is 0 Å². The van der Waals surface area contributed by atoms with Gasteiger partial charge in [0.2, 0.25) is 0 Å². The Morgan fingerprint density at radius 1 is 1.53 bits per heavy atom. The normalized spacial score (nSPS) is 12.5. The van der Waals surface area contributed by atoms with Crippen LogP contribution in [0.1, 0.15) is 24.5 Å². The first-order valence-electron chi connectivity index (χ1n) is 5.22. The summed E-state index contributed by atoms with van der Waals surface area (Å²) in [5.41, 5.74) is 2.61. The summed E-state index contributed by atoms with van der Waals surface area (Å²) >= 11 is 3.50. The van der Waals surface area contributed by atoms with E-state index in [4.69, 9.17) is 0 Å². The fourth-order valence-corrected chi connectivity index (χ4v) is 1.69. The fourth-order valence-electron chi connectivity index (χ4n) is 1.44. The van der Waals surface area contributed by atoms with E-state index in [2.05, 4.69) is 59.9 Å². The Morgan fingerprint density at radius 2 is 2.27 bits per heavy atom. The lowest BCUT2D eigenvalue weighted by atomic mass is 10.1. The molecular weight excluding hydrogens is 250 g/mol. The van der Waals surface area contributed by atoms with Crippen LogP contribution >= 0.6 is 15.9 Å². The highest BCUT2D eigenvalue weighted by molar-refractivity contribution is 9.10. The first-order chi connectivity index (χ1) is 7.13. The minimum absolute atomic E-state index is 0.492. The van der Waals surface area contributed by atoms with E-state index in [9.17, 15) is 0 Å². The first-order valence-corrected chi connectivity index (χ1v) is 6.02. The molecule has 0 aliphatic carbocycles. The van der Waals surface area contributed by atoms with Crippen LogP contribution in [0.5, 0.6) is 0 Å². The molecule has 0 heterocycles. The highest BCUT2D eigenvalue weighted by Gasteiger charge is 2.00. The van der Waals surface area contributed by atoms with E-state index in [0.29, 0.717) is 6.04 Å². The lowest BCUT2D eigenvalue weighted by Gasteiger charge is -2.12. The second-order valence-corrected chi connectivity index (χ2v) is 4.74. The zero-order valence-corrected chi connectivity index (χ0v) is 11.0. The maximum absolute atomic E-state index is 3.74. The Morgan fingerprint density at radius 3 is 2.87 bits per heavy atom. The van der Waals surface area contributed by atoms with Crippen LogP contribution in [0.15, 0.2) is 35.3 Å². The van der Waals surface area contributed by atoms with E-state index in [1.54, 1.807) is 0 Å². The van der Waals surface area contributed by atoms with E-state index in [-0.39, 0.29) is 0 Å². The number of aryl methyl sites for hydroxylation is 1. The number of benzene rings is 1. The SMILES string of the molecule is C=CCC(C)NCc1ccc(Br)c(C)c1. The summed E-state index contributed by atoms with van der Waals surface area (Å²) in [5, 5.41) is 3.46. The van der Waals surface area contributed by atoms with E-state index in [1.165, 1.54) is 15.6 Å². The molecule has 2 heteroatoms. The maximum atomic E-state index is 3.74.